The Kier molecular flexibility index (Phi) is 7.05. The van der Waals surface area contributed by atoms with E-state index in [0.717, 1.165) is 24.3 Å². The predicted octanol–water partition coefficient (Wildman–Crippen LogP) is 3.94. The number of carbonyl (C=O) groups is 1. The molecular weight excluding hydrogens is 514 g/mol. The molecule has 2 heterocycles. The van der Waals surface area contributed by atoms with Crippen LogP contribution >= 0.6 is 0 Å². The Morgan fingerprint density at radius 3 is 2.18 bits per heavy atom. The van der Waals surface area contributed by atoms with Crippen LogP contribution in [0.3, 0.4) is 0 Å². The van der Waals surface area contributed by atoms with Gasteiger partial charge >= 0.3 is 0 Å². The molecule has 0 aromatic heterocycles. The highest BCUT2D eigenvalue weighted by molar-refractivity contribution is 7.89. The maximum atomic E-state index is 14.0. The van der Waals surface area contributed by atoms with Crippen molar-refractivity contribution in [2.24, 2.45) is 0 Å². The number of benzene rings is 3. The summed E-state index contributed by atoms with van der Waals surface area (Å²) in [6, 6.07) is 20.9. The molecule has 2 aliphatic rings. The minimum atomic E-state index is -3.76. The minimum absolute atomic E-state index is 0.0640. The number of aliphatic hydroxyl groups is 1. The average Bonchev–Trinajstić information content (AvgIpc) is 3.15. The highest BCUT2D eigenvalue weighted by Gasteiger charge is 2.52. The van der Waals surface area contributed by atoms with Gasteiger partial charge in [0.1, 0.15) is 0 Å². The second kappa shape index (κ2) is 10.1. The Morgan fingerprint density at radius 2 is 1.56 bits per heavy atom. The molecule has 0 bridgehead atoms. The number of para-hydroxylation sites is 1. The molecule has 1 fully saturated rings. The second-order valence-corrected chi connectivity index (χ2v) is 12.8. The van der Waals surface area contributed by atoms with Gasteiger partial charge in [-0.05, 0) is 69.2 Å². The molecule has 2 N–H and O–H groups in total. The Labute approximate surface area is 230 Å². The lowest BCUT2D eigenvalue weighted by Crippen LogP contribution is -2.42. The van der Waals surface area contributed by atoms with E-state index >= 15 is 0 Å². The fourth-order valence-corrected chi connectivity index (χ4v) is 6.74. The van der Waals surface area contributed by atoms with Crippen LogP contribution in [0.4, 0.5) is 11.4 Å². The van der Waals surface area contributed by atoms with Crippen molar-refractivity contribution in [2.75, 3.05) is 36.1 Å². The van der Waals surface area contributed by atoms with E-state index in [1.807, 2.05) is 31.2 Å². The predicted molar refractivity (Wildman–Crippen MR) is 151 cm³/mol. The maximum absolute atomic E-state index is 14.0. The Balaban J connectivity index is 1.46. The van der Waals surface area contributed by atoms with E-state index < -0.39 is 27.1 Å². The van der Waals surface area contributed by atoms with Gasteiger partial charge in [-0.2, -0.15) is 0 Å². The summed E-state index contributed by atoms with van der Waals surface area (Å²) >= 11 is 0. The summed E-state index contributed by atoms with van der Waals surface area (Å²) in [6.07, 6.45) is 0. The van der Waals surface area contributed by atoms with Crippen molar-refractivity contribution in [2.45, 2.75) is 49.8 Å². The Bertz CT molecular complexity index is 1460. The summed E-state index contributed by atoms with van der Waals surface area (Å²) in [5.41, 5.74) is 0.859. The third-order valence-electron chi connectivity index (χ3n) is 7.24. The van der Waals surface area contributed by atoms with E-state index in [1.54, 1.807) is 37.8 Å². The second-order valence-electron chi connectivity index (χ2n) is 11.1. The number of fused-ring (bicyclic) bond motifs is 1. The number of carbonyl (C=O) groups excluding carboxylic acids is 1. The van der Waals surface area contributed by atoms with Crippen LogP contribution in [0.5, 0.6) is 0 Å². The highest BCUT2D eigenvalue weighted by atomic mass is 32.2. The molecule has 39 heavy (non-hydrogen) atoms. The third kappa shape index (κ3) is 5.07. The van der Waals surface area contributed by atoms with Crippen LogP contribution in [0.1, 0.15) is 50.4 Å². The molecule has 1 amide bonds. The van der Waals surface area contributed by atoms with Crippen molar-refractivity contribution in [1.29, 1.82) is 0 Å². The van der Waals surface area contributed by atoms with E-state index in [2.05, 4.69) is 21.8 Å². The zero-order valence-corrected chi connectivity index (χ0v) is 23.5. The van der Waals surface area contributed by atoms with Gasteiger partial charge in [-0.15, -0.1) is 0 Å². The van der Waals surface area contributed by atoms with Crippen molar-refractivity contribution in [3.8, 4) is 0 Å². The zero-order valence-electron chi connectivity index (χ0n) is 22.7. The van der Waals surface area contributed by atoms with E-state index in [1.165, 1.54) is 24.3 Å². The van der Waals surface area contributed by atoms with Gasteiger partial charge in [0, 0.05) is 29.9 Å². The Morgan fingerprint density at radius 1 is 0.949 bits per heavy atom. The molecule has 2 unspecified atom stereocenters. The lowest BCUT2D eigenvalue weighted by molar-refractivity contribution is -0.132. The number of morpholine rings is 1. The van der Waals surface area contributed by atoms with Crippen molar-refractivity contribution in [1.82, 2.24) is 4.72 Å². The molecule has 3 aromatic carbocycles. The normalized spacial score (nSPS) is 20.7. The number of sulfonamides is 1. The summed E-state index contributed by atoms with van der Waals surface area (Å²) in [5, 5.41) is 12.0. The summed E-state index contributed by atoms with van der Waals surface area (Å²) < 4.78 is 33.7. The van der Waals surface area contributed by atoms with Gasteiger partial charge in [0.05, 0.1) is 29.8 Å². The topological polar surface area (TPSA) is 99.2 Å². The summed E-state index contributed by atoms with van der Waals surface area (Å²) in [6.45, 7) is 10.3. The van der Waals surface area contributed by atoms with Gasteiger partial charge in [-0.25, -0.2) is 13.1 Å². The van der Waals surface area contributed by atoms with Gasteiger partial charge in [-0.1, -0.05) is 42.5 Å². The van der Waals surface area contributed by atoms with Gasteiger partial charge in [0.15, 0.2) is 5.60 Å². The first kappa shape index (κ1) is 27.3. The first-order valence-electron chi connectivity index (χ1n) is 13.1. The maximum Gasteiger partial charge on any atom is 0.269 e. The number of nitrogens with one attached hydrogen (secondary N) is 1. The molecule has 2 atom stereocenters. The number of rotatable bonds is 6. The lowest BCUT2D eigenvalue weighted by atomic mass is 9.87. The fourth-order valence-electron chi connectivity index (χ4n) is 5.32. The van der Waals surface area contributed by atoms with Crippen LogP contribution in [-0.2, 0) is 25.2 Å². The minimum Gasteiger partial charge on any atom is -0.378 e. The third-order valence-corrected chi connectivity index (χ3v) is 9.02. The molecule has 5 rings (SSSR count). The van der Waals surface area contributed by atoms with Crippen molar-refractivity contribution in [3.05, 3.63) is 89.5 Å². The molecule has 2 aliphatic heterocycles. The van der Waals surface area contributed by atoms with Crippen LogP contribution in [0.2, 0.25) is 0 Å². The number of nitrogens with zero attached hydrogens (tertiary/aromatic N) is 2. The number of ether oxygens (including phenoxy) is 1. The lowest BCUT2D eigenvalue weighted by Gasteiger charge is -2.30. The summed E-state index contributed by atoms with van der Waals surface area (Å²) in [4.78, 5) is 18.0. The van der Waals surface area contributed by atoms with E-state index in [-0.39, 0.29) is 10.9 Å². The van der Waals surface area contributed by atoms with Gasteiger partial charge in [0.25, 0.3) is 5.91 Å². The molecule has 0 radical (unpaired) electrons. The average molecular weight is 550 g/mol. The fraction of sp³-hybridized carbons (Fsp3) is 0.367. The molecule has 8 nitrogen and oxygen atoms in total. The van der Waals surface area contributed by atoms with Crippen molar-refractivity contribution in [3.63, 3.8) is 0 Å². The molecule has 9 heteroatoms. The largest absolute Gasteiger partial charge is 0.378 e. The van der Waals surface area contributed by atoms with Crippen LogP contribution < -0.4 is 14.5 Å². The molecular formula is C30H35N3O5S. The highest BCUT2D eigenvalue weighted by Crippen LogP contribution is 2.47. The number of hydrogen-bond donors (Lipinski definition) is 2. The SMILES string of the molecule is CC(c1ccc(N2CCOCC2)cc1)N1C(=O)C(O)(c2ccc(S(=O)(=O)NC(C)(C)C)cc2)c2ccccc21. The van der Waals surface area contributed by atoms with E-state index in [0.29, 0.717) is 30.0 Å². The monoisotopic (exact) mass is 549 g/mol. The van der Waals surface area contributed by atoms with Crippen LogP contribution in [0, 0.1) is 0 Å². The van der Waals surface area contributed by atoms with Gasteiger partial charge in [-0.3, -0.25) is 4.79 Å². The quantitative estimate of drug-likeness (QED) is 0.483. The summed E-state index contributed by atoms with van der Waals surface area (Å²) in [7, 11) is -3.76. The molecule has 1 saturated heterocycles. The first-order chi connectivity index (χ1) is 18.4. The molecule has 0 aliphatic carbocycles. The smallest absolute Gasteiger partial charge is 0.269 e. The van der Waals surface area contributed by atoms with Gasteiger partial charge in [0.2, 0.25) is 10.0 Å². The van der Waals surface area contributed by atoms with E-state index in [4.69, 9.17) is 4.74 Å². The number of anilines is 2. The van der Waals surface area contributed by atoms with E-state index in [9.17, 15) is 18.3 Å². The molecule has 0 spiro atoms. The van der Waals surface area contributed by atoms with Crippen LogP contribution in [0.25, 0.3) is 0 Å². The van der Waals surface area contributed by atoms with Gasteiger partial charge < -0.3 is 19.6 Å². The molecule has 206 valence electrons. The number of amides is 1. The zero-order chi connectivity index (χ0) is 28.0. The Hall–Kier alpha value is -3.24. The number of hydrogen-bond acceptors (Lipinski definition) is 6. The summed E-state index contributed by atoms with van der Waals surface area (Å²) in [5.74, 6) is -0.475. The molecule has 3 aromatic rings. The van der Waals surface area contributed by atoms with Crippen molar-refractivity contribution < 1.29 is 23.1 Å². The standard InChI is InChI=1S/C30H35N3O5S/c1-21(22-9-13-24(14-10-22)32-17-19-38-20-18-32)33-27-8-6-5-7-26(27)30(35,28(33)34)23-11-15-25(16-12-23)39(36,37)31-29(2,3)4/h5-16,21,31,35H,17-20H2,1-4H3. The van der Waals surface area contributed by atoms with Crippen LogP contribution in [0.15, 0.2) is 77.7 Å². The first-order valence-corrected chi connectivity index (χ1v) is 14.6. The molecule has 0 saturated carbocycles. The van der Waals surface area contributed by atoms with Crippen LogP contribution in [-0.4, -0.2) is 51.3 Å². The van der Waals surface area contributed by atoms with Crippen molar-refractivity contribution >= 4 is 27.3 Å².